The Morgan fingerprint density at radius 2 is 2.12 bits per heavy atom. The lowest BCUT2D eigenvalue weighted by molar-refractivity contribution is -0.116. The molecular weight excluding hydrogens is 336 g/mol. The summed E-state index contributed by atoms with van der Waals surface area (Å²) in [5.74, 6) is -0.279. The van der Waals surface area contributed by atoms with Gasteiger partial charge in [0, 0.05) is 34.6 Å². The SMILES string of the molecule is COc1cc(Cl)cc(C2CC(=O)Nc3n[nH]c(C(N)=O)c32)c1OC. The summed E-state index contributed by atoms with van der Waals surface area (Å²) in [6.45, 7) is 0. The van der Waals surface area contributed by atoms with E-state index in [-0.39, 0.29) is 23.8 Å². The molecule has 4 N–H and O–H groups in total. The maximum absolute atomic E-state index is 12.0. The van der Waals surface area contributed by atoms with Gasteiger partial charge in [0.05, 0.1) is 14.2 Å². The monoisotopic (exact) mass is 350 g/mol. The number of carbonyl (C=O) groups is 2. The normalized spacial score (nSPS) is 16.3. The van der Waals surface area contributed by atoms with Gasteiger partial charge >= 0.3 is 0 Å². The van der Waals surface area contributed by atoms with Gasteiger partial charge in [-0.05, 0) is 6.07 Å². The van der Waals surface area contributed by atoms with E-state index in [1.165, 1.54) is 14.2 Å². The molecule has 0 fully saturated rings. The number of halogens is 1. The standard InChI is InChI=1S/C15H15ClN4O4/c1-23-9-4-6(16)3-8(13(9)24-2)7-5-10(21)18-15-11(7)12(14(17)22)19-20-15/h3-4,7H,5H2,1-2H3,(H2,17,22)(H2,18,19,20,21). The van der Waals surface area contributed by atoms with E-state index in [1.54, 1.807) is 12.1 Å². The first-order chi connectivity index (χ1) is 11.5. The average molecular weight is 351 g/mol. The van der Waals surface area contributed by atoms with E-state index < -0.39 is 11.8 Å². The number of fused-ring (bicyclic) bond motifs is 1. The Hall–Kier alpha value is -2.74. The molecule has 8 nitrogen and oxygen atoms in total. The summed E-state index contributed by atoms with van der Waals surface area (Å²) in [5.41, 5.74) is 6.66. The molecule has 126 valence electrons. The Bertz CT molecular complexity index is 833. The first kappa shape index (κ1) is 16.1. The Morgan fingerprint density at radius 1 is 1.38 bits per heavy atom. The summed E-state index contributed by atoms with van der Waals surface area (Å²) >= 11 is 6.17. The molecule has 1 atom stereocenters. The van der Waals surface area contributed by atoms with Gasteiger partial charge in [0.2, 0.25) is 5.91 Å². The second-order valence-corrected chi connectivity index (χ2v) is 5.70. The lowest BCUT2D eigenvalue weighted by atomic mass is 9.84. The minimum Gasteiger partial charge on any atom is -0.493 e. The number of hydrogen-bond acceptors (Lipinski definition) is 5. The molecule has 0 aliphatic carbocycles. The number of amides is 2. The summed E-state index contributed by atoms with van der Waals surface area (Å²) in [5, 5.41) is 9.57. The van der Waals surface area contributed by atoms with Gasteiger partial charge in [-0.25, -0.2) is 0 Å². The first-order valence-corrected chi connectivity index (χ1v) is 7.43. The topological polar surface area (TPSA) is 119 Å². The number of aromatic nitrogens is 2. The van der Waals surface area contributed by atoms with Gasteiger partial charge < -0.3 is 20.5 Å². The molecule has 0 saturated carbocycles. The minimum atomic E-state index is -0.669. The largest absolute Gasteiger partial charge is 0.493 e. The molecule has 2 amide bonds. The van der Waals surface area contributed by atoms with Crippen molar-refractivity contribution in [2.75, 3.05) is 19.5 Å². The van der Waals surface area contributed by atoms with Gasteiger partial charge in [0.15, 0.2) is 17.3 Å². The summed E-state index contributed by atoms with van der Waals surface area (Å²) in [6, 6.07) is 3.28. The molecule has 0 radical (unpaired) electrons. The molecule has 3 rings (SSSR count). The molecule has 1 unspecified atom stereocenters. The zero-order valence-corrected chi connectivity index (χ0v) is 13.7. The third-order valence-electron chi connectivity index (χ3n) is 3.89. The smallest absolute Gasteiger partial charge is 0.267 e. The van der Waals surface area contributed by atoms with Crippen LogP contribution >= 0.6 is 11.6 Å². The predicted molar refractivity (Wildman–Crippen MR) is 86.8 cm³/mol. The van der Waals surface area contributed by atoms with Crippen LogP contribution in [-0.2, 0) is 4.79 Å². The Morgan fingerprint density at radius 3 is 2.75 bits per heavy atom. The number of aromatic amines is 1. The van der Waals surface area contributed by atoms with Crippen molar-refractivity contribution >= 4 is 29.2 Å². The summed E-state index contributed by atoms with van der Waals surface area (Å²) < 4.78 is 10.7. The van der Waals surface area contributed by atoms with Gasteiger partial charge in [-0.1, -0.05) is 11.6 Å². The Kier molecular flexibility index (Phi) is 4.06. The third kappa shape index (κ3) is 2.54. The van der Waals surface area contributed by atoms with E-state index in [2.05, 4.69) is 15.5 Å². The maximum Gasteiger partial charge on any atom is 0.267 e. The highest BCUT2D eigenvalue weighted by Gasteiger charge is 2.35. The third-order valence-corrected chi connectivity index (χ3v) is 4.11. The van der Waals surface area contributed by atoms with Crippen molar-refractivity contribution in [3.05, 3.63) is 34.0 Å². The summed E-state index contributed by atoms with van der Waals surface area (Å²) in [6.07, 6.45) is 0.0900. The summed E-state index contributed by atoms with van der Waals surface area (Å²) in [7, 11) is 2.98. The van der Waals surface area contributed by atoms with Gasteiger partial charge in [0.1, 0.15) is 5.69 Å². The maximum atomic E-state index is 12.0. The van der Waals surface area contributed by atoms with Crippen LogP contribution in [-0.4, -0.2) is 36.2 Å². The highest BCUT2D eigenvalue weighted by Crippen LogP contribution is 2.45. The van der Waals surface area contributed by atoms with Crippen LogP contribution in [0.25, 0.3) is 0 Å². The van der Waals surface area contributed by atoms with E-state index in [1.807, 2.05) is 0 Å². The quantitative estimate of drug-likeness (QED) is 0.774. The van der Waals surface area contributed by atoms with Crippen molar-refractivity contribution in [3.63, 3.8) is 0 Å². The molecule has 2 aromatic rings. The molecule has 0 saturated heterocycles. The molecule has 9 heteroatoms. The number of carbonyl (C=O) groups excluding carboxylic acids is 2. The van der Waals surface area contributed by atoms with E-state index >= 15 is 0 Å². The fourth-order valence-corrected chi connectivity index (χ4v) is 3.14. The van der Waals surface area contributed by atoms with E-state index in [0.717, 1.165) is 0 Å². The van der Waals surface area contributed by atoms with Crippen LogP contribution in [0.3, 0.4) is 0 Å². The molecule has 1 aliphatic heterocycles. The Balaban J connectivity index is 2.24. The number of anilines is 1. The highest BCUT2D eigenvalue weighted by atomic mass is 35.5. The van der Waals surface area contributed by atoms with Gasteiger partial charge in [-0.3, -0.25) is 14.7 Å². The zero-order chi connectivity index (χ0) is 17.4. The number of hydrogen-bond donors (Lipinski definition) is 3. The highest BCUT2D eigenvalue weighted by molar-refractivity contribution is 6.30. The van der Waals surface area contributed by atoms with Crippen LogP contribution in [0, 0.1) is 0 Å². The first-order valence-electron chi connectivity index (χ1n) is 7.05. The molecule has 0 bridgehead atoms. The number of ether oxygens (including phenoxy) is 2. The molecule has 1 aromatic heterocycles. The molecular formula is C15H15ClN4O4. The average Bonchev–Trinajstić information content (AvgIpc) is 2.96. The van der Waals surface area contributed by atoms with Crippen molar-refractivity contribution in [3.8, 4) is 11.5 Å². The van der Waals surface area contributed by atoms with Crippen LogP contribution in [0.2, 0.25) is 5.02 Å². The van der Waals surface area contributed by atoms with Crippen molar-refractivity contribution in [1.82, 2.24) is 10.2 Å². The molecule has 1 aromatic carbocycles. The van der Waals surface area contributed by atoms with Crippen molar-refractivity contribution in [1.29, 1.82) is 0 Å². The van der Waals surface area contributed by atoms with Gasteiger partial charge in [-0.2, -0.15) is 5.10 Å². The van der Waals surface area contributed by atoms with Crippen LogP contribution in [0.15, 0.2) is 12.1 Å². The fourth-order valence-electron chi connectivity index (χ4n) is 2.93. The van der Waals surface area contributed by atoms with E-state index in [0.29, 0.717) is 27.6 Å². The number of nitrogens with one attached hydrogen (secondary N) is 2. The number of primary amides is 1. The minimum absolute atomic E-state index is 0.0900. The molecule has 0 spiro atoms. The number of benzene rings is 1. The number of nitrogens with two attached hydrogens (primary N) is 1. The fraction of sp³-hybridized carbons (Fsp3) is 0.267. The summed E-state index contributed by atoms with van der Waals surface area (Å²) in [4.78, 5) is 23.7. The molecule has 24 heavy (non-hydrogen) atoms. The van der Waals surface area contributed by atoms with Crippen molar-refractivity contribution < 1.29 is 19.1 Å². The predicted octanol–water partition coefficient (Wildman–Crippen LogP) is 1.65. The van der Waals surface area contributed by atoms with Crippen LogP contribution in [0.4, 0.5) is 5.82 Å². The number of H-pyrrole nitrogens is 1. The molecule has 2 heterocycles. The number of rotatable bonds is 4. The van der Waals surface area contributed by atoms with Crippen molar-refractivity contribution in [2.45, 2.75) is 12.3 Å². The molecule has 1 aliphatic rings. The van der Waals surface area contributed by atoms with E-state index in [4.69, 9.17) is 26.8 Å². The van der Waals surface area contributed by atoms with E-state index in [9.17, 15) is 9.59 Å². The Labute approximate surface area is 142 Å². The number of nitrogens with zero attached hydrogens (tertiary/aromatic N) is 1. The van der Waals surface area contributed by atoms with Crippen LogP contribution < -0.4 is 20.5 Å². The lowest BCUT2D eigenvalue weighted by Crippen LogP contribution is -2.25. The second-order valence-electron chi connectivity index (χ2n) is 5.26. The second kappa shape index (κ2) is 6.04. The van der Waals surface area contributed by atoms with Crippen molar-refractivity contribution in [2.24, 2.45) is 5.73 Å². The number of methoxy groups -OCH3 is 2. The lowest BCUT2D eigenvalue weighted by Gasteiger charge is -2.25. The zero-order valence-electron chi connectivity index (χ0n) is 13.0. The van der Waals surface area contributed by atoms with Gasteiger partial charge in [-0.15, -0.1) is 0 Å². The van der Waals surface area contributed by atoms with Gasteiger partial charge in [0.25, 0.3) is 5.91 Å². The van der Waals surface area contributed by atoms with Crippen LogP contribution in [0.5, 0.6) is 11.5 Å². The van der Waals surface area contributed by atoms with Crippen LogP contribution in [0.1, 0.15) is 34.0 Å².